The summed E-state index contributed by atoms with van der Waals surface area (Å²) in [6, 6.07) is 18.3. The molecule has 3 rings (SSSR count). The highest BCUT2D eigenvalue weighted by atomic mass is 28.4. The van der Waals surface area contributed by atoms with Gasteiger partial charge < -0.3 is 15.1 Å². The standard InChI is InChI=1S/C29H47N3OSi/c1-22(2)20-24-16-13-18-26(28(31-24)25-17-11-12-19-30-25)32-27(23-14-9-8-10-15-23)21-33-34(6,7)29(3,4)5/h8-12,14-15,17,19,22,24,26-28,31-32H,13,16,18,20-21H2,1-7H3/t24-,26-,27-,28-/m0/s1. The van der Waals surface area contributed by atoms with Gasteiger partial charge in [-0.3, -0.25) is 4.98 Å². The van der Waals surface area contributed by atoms with Gasteiger partial charge in [0.1, 0.15) is 0 Å². The number of nitrogens with zero attached hydrogens (tertiary/aromatic N) is 1. The van der Waals surface area contributed by atoms with Gasteiger partial charge in [-0.2, -0.15) is 0 Å². The van der Waals surface area contributed by atoms with Crippen LogP contribution in [0.2, 0.25) is 18.1 Å². The van der Waals surface area contributed by atoms with Gasteiger partial charge in [-0.25, -0.2) is 0 Å². The quantitative estimate of drug-likeness (QED) is 0.377. The van der Waals surface area contributed by atoms with E-state index in [4.69, 9.17) is 9.41 Å². The molecule has 4 atom stereocenters. The molecule has 0 bridgehead atoms. The van der Waals surface area contributed by atoms with E-state index in [1.54, 1.807) is 0 Å². The van der Waals surface area contributed by atoms with Gasteiger partial charge in [0.25, 0.3) is 0 Å². The van der Waals surface area contributed by atoms with Crippen LogP contribution in [-0.2, 0) is 4.43 Å². The summed E-state index contributed by atoms with van der Waals surface area (Å²) in [6.07, 6.45) is 6.69. The van der Waals surface area contributed by atoms with Crippen LogP contribution in [0.15, 0.2) is 54.7 Å². The van der Waals surface area contributed by atoms with Crippen molar-refractivity contribution in [2.45, 2.75) is 103 Å². The lowest BCUT2D eigenvalue weighted by molar-refractivity contribution is 0.218. The van der Waals surface area contributed by atoms with Crippen LogP contribution in [0.4, 0.5) is 0 Å². The second-order valence-electron chi connectivity index (χ2n) is 12.0. The van der Waals surface area contributed by atoms with Crippen molar-refractivity contribution in [3.8, 4) is 0 Å². The number of pyridine rings is 1. The van der Waals surface area contributed by atoms with E-state index in [0.29, 0.717) is 24.6 Å². The molecule has 1 aliphatic heterocycles. The molecule has 2 N–H and O–H groups in total. The smallest absolute Gasteiger partial charge is 0.192 e. The SMILES string of the molecule is CC(C)C[C@@H]1CCC[C@H](N[C@@H](CO[Si](C)(C)C(C)(C)C)c2ccccc2)[C@H](c2ccccn2)N1. The van der Waals surface area contributed by atoms with Gasteiger partial charge in [-0.15, -0.1) is 0 Å². The second-order valence-corrected chi connectivity index (χ2v) is 16.8. The molecule has 1 aliphatic rings. The Morgan fingerprint density at radius 2 is 1.76 bits per heavy atom. The van der Waals surface area contributed by atoms with Crippen molar-refractivity contribution in [3.05, 3.63) is 66.0 Å². The van der Waals surface area contributed by atoms with Gasteiger partial charge in [0.2, 0.25) is 0 Å². The van der Waals surface area contributed by atoms with Crippen molar-refractivity contribution >= 4 is 8.32 Å². The van der Waals surface area contributed by atoms with E-state index < -0.39 is 8.32 Å². The van der Waals surface area contributed by atoms with Crippen LogP contribution < -0.4 is 10.6 Å². The third-order valence-electron chi connectivity index (χ3n) is 7.68. The molecule has 34 heavy (non-hydrogen) atoms. The van der Waals surface area contributed by atoms with Crippen molar-refractivity contribution in [1.82, 2.24) is 15.6 Å². The van der Waals surface area contributed by atoms with Crippen molar-refractivity contribution in [2.24, 2.45) is 5.92 Å². The fourth-order valence-corrected chi connectivity index (χ4v) is 5.70. The lowest BCUT2D eigenvalue weighted by atomic mass is 9.98. The summed E-state index contributed by atoms with van der Waals surface area (Å²) in [7, 11) is -1.85. The Morgan fingerprint density at radius 3 is 2.38 bits per heavy atom. The highest BCUT2D eigenvalue weighted by Gasteiger charge is 2.38. The average Bonchev–Trinajstić information content (AvgIpc) is 2.98. The molecule has 0 saturated carbocycles. The summed E-state index contributed by atoms with van der Waals surface area (Å²) in [5.41, 5.74) is 2.43. The molecule has 4 nitrogen and oxygen atoms in total. The number of hydrogen-bond acceptors (Lipinski definition) is 4. The number of nitrogens with one attached hydrogen (secondary N) is 2. The minimum atomic E-state index is -1.85. The Bertz CT molecular complexity index is 851. The highest BCUT2D eigenvalue weighted by Crippen LogP contribution is 2.37. The maximum atomic E-state index is 6.74. The molecule has 2 aromatic rings. The maximum Gasteiger partial charge on any atom is 0.192 e. The normalized spacial score (nSPS) is 23.0. The Labute approximate surface area is 209 Å². The van der Waals surface area contributed by atoms with E-state index in [1.165, 1.54) is 24.8 Å². The van der Waals surface area contributed by atoms with Gasteiger partial charge in [-0.05, 0) is 61.0 Å². The van der Waals surface area contributed by atoms with Gasteiger partial charge in [0, 0.05) is 18.3 Å². The van der Waals surface area contributed by atoms with E-state index in [9.17, 15) is 0 Å². The monoisotopic (exact) mass is 481 g/mol. The van der Waals surface area contributed by atoms with Crippen LogP contribution in [-0.4, -0.2) is 32.0 Å². The van der Waals surface area contributed by atoms with Gasteiger partial charge in [0.05, 0.1) is 24.4 Å². The molecule has 5 heteroatoms. The van der Waals surface area contributed by atoms with Gasteiger partial charge >= 0.3 is 0 Å². The fourth-order valence-electron chi connectivity index (χ4n) is 4.68. The molecule has 0 amide bonds. The molecular weight excluding hydrogens is 434 g/mol. The van der Waals surface area contributed by atoms with Crippen molar-refractivity contribution in [1.29, 1.82) is 0 Å². The minimum absolute atomic E-state index is 0.148. The summed E-state index contributed by atoms with van der Waals surface area (Å²) in [5.74, 6) is 0.682. The zero-order valence-electron chi connectivity index (χ0n) is 22.5. The molecule has 2 heterocycles. The Kier molecular flexibility index (Phi) is 9.50. The zero-order chi connectivity index (χ0) is 24.8. The van der Waals surface area contributed by atoms with Gasteiger partial charge in [-0.1, -0.05) is 77.4 Å². The number of hydrogen-bond donors (Lipinski definition) is 2. The molecule has 1 fully saturated rings. The van der Waals surface area contributed by atoms with E-state index in [0.717, 1.165) is 12.1 Å². The first-order valence-electron chi connectivity index (χ1n) is 13.2. The first kappa shape index (κ1) is 27.1. The summed E-state index contributed by atoms with van der Waals surface area (Å²) >= 11 is 0. The fraction of sp³-hybridized carbons (Fsp3) is 0.621. The Balaban J connectivity index is 1.86. The van der Waals surface area contributed by atoms with Crippen LogP contribution in [0, 0.1) is 5.92 Å². The summed E-state index contributed by atoms with van der Waals surface area (Å²) in [4.78, 5) is 4.78. The molecule has 1 aromatic carbocycles. The van der Waals surface area contributed by atoms with Crippen LogP contribution >= 0.6 is 0 Å². The number of aromatic nitrogens is 1. The number of rotatable bonds is 9. The maximum absolute atomic E-state index is 6.74. The van der Waals surface area contributed by atoms with Crippen LogP contribution in [0.25, 0.3) is 0 Å². The van der Waals surface area contributed by atoms with Gasteiger partial charge in [0.15, 0.2) is 8.32 Å². The molecule has 1 aromatic heterocycles. The average molecular weight is 482 g/mol. The first-order valence-corrected chi connectivity index (χ1v) is 16.1. The molecule has 0 unspecified atom stereocenters. The third-order valence-corrected chi connectivity index (χ3v) is 12.2. The molecule has 188 valence electrons. The van der Waals surface area contributed by atoms with Crippen LogP contribution in [0.5, 0.6) is 0 Å². The molecule has 0 spiro atoms. The zero-order valence-corrected chi connectivity index (χ0v) is 23.5. The Hall–Kier alpha value is -1.53. The molecule has 1 saturated heterocycles. The van der Waals surface area contributed by atoms with E-state index in [1.807, 2.05) is 12.3 Å². The summed E-state index contributed by atoms with van der Waals surface area (Å²) in [5, 5.41) is 8.26. The predicted molar refractivity (Wildman–Crippen MR) is 146 cm³/mol. The largest absolute Gasteiger partial charge is 0.415 e. The van der Waals surface area contributed by atoms with Crippen molar-refractivity contribution < 1.29 is 4.43 Å². The predicted octanol–water partition coefficient (Wildman–Crippen LogP) is 7.03. The lowest BCUT2D eigenvalue weighted by Gasteiger charge is -2.38. The van der Waals surface area contributed by atoms with Crippen LogP contribution in [0.3, 0.4) is 0 Å². The Morgan fingerprint density at radius 1 is 1.06 bits per heavy atom. The second kappa shape index (κ2) is 11.9. The molecule has 0 radical (unpaired) electrons. The molecular formula is C29H47N3OSi. The topological polar surface area (TPSA) is 46.2 Å². The highest BCUT2D eigenvalue weighted by molar-refractivity contribution is 6.74. The summed E-state index contributed by atoms with van der Waals surface area (Å²) in [6.45, 7) is 17.0. The lowest BCUT2D eigenvalue weighted by Crippen LogP contribution is -2.48. The third kappa shape index (κ3) is 7.48. The van der Waals surface area contributed by atoms with Crippen molar-refractivity contribution in [2.75, 3.05) is 6.61 Å². The van der Waals surface area contributed by atoms with Crippen molar-refractivity contribution in [3.63, 3.8) is 0 Å². The molecule has 0 aliphatic carbocycles. The minimum Gasteiger partial charge on any atom is -0.415 e. The van der Waals surface area contributed by atoms with E-state index in [-0.39, 0.29) is 17.1 Å². The van der Waals surface area contributed by atoms with E-state index >= 15 is 0 Å². The number of benzene rings is 1. The van der Waals surface area contributed by atoms with Crippen LogP contribution in [0.1, 0.15) is 83.6 Å². The summed E-state index contributed by atoms with van der Waals surface area (Å²) < 4.78 is 6.74. The first-order chi connectivity index (χ1) is 16.1. The van der Waals surface area contributed by atoms with E-state index in [2.05, 4.69) is 101 Å².